The third kappa shape index (κ3) is 3.57. The van der Waals surface area contributed by atoms with E-state index in [1.165, 1.54) is 14.2 Å². The van der Waals surface area contributed by atoms with Crippen molar-refractivity contribution in [3.8, 4) is 0 Å². The molecule has 0 bridgehead atoms. The van der Waals surface area contributed by atoms with Crippen LogP contribution in [0.1, 0.15) is 6.42 Å². The molecule has 0 spiro atoms. The predicted molar refractivity (Wildman–Crippen MR) is 37.1 cm³/mol. The summed E-state index contributed by atoms with van der Waals surface area (Å²) in [5, 5.41) is 10.9. The highest BCUT2D eigenvalue weighted by molar-refractivity contribution is 5.81. The number of nitrogens with one attached hydrogen (secondary N) is 1. The molecule has 0 aromatic heterocycles. The van der Waals surface area contributed by atoms with Crippen molar-refractivity contribution < 1.29 is 19.4 Å². The molecule has 1 atom stereocenters. The maximum absolute atomic E-state index is 10.6. The Morgan fingerprint density at radius 2 is 2.18 bits per heavy atom. The summed E-state index contributed by atoms with van der Waals surface area (Å²) in [4.78, 5) is 20.9. The summed E-state index contributed by atoms with van der Waals surface area (Å²) >= 11 is 0. The lowest BCUT2D eigenvalue weighted by molar-refractivity contribution is -0.147. The first-order valence-electron chi connectivity index (χ1n) is 3.08. The van der Waals surface area contributed by atoms with Gasteiger partial charge in [0.2, 0.25) is 0 Å². The third-order valence-corrected chi connectivity index (χ3v) is 1.25. The molecule has 11 heavy (non-hydrogen) atoms. The Labute approximate surface area is 64.3 Å². The Morgan fingerprint density at radius 1 is 1.64 bits per heavy atom. The summed E-state index contributed by atoms with van der Waals surface area (Å²) in [6.07, 6.45) is -0.150. The van der Waals surface area contributed by atoms with Crippen molar-refractivity contribution in [2.75, 3.05) is 14.2 Å². The molecule has 0 aromatic carbocycles. The monoisotopic (exact) mass is 161 g/mol. The molecule has 0 saturated carbocycles. The molecule has 0 aliphatic carbocycles. The minimum atomic E-state index is -1.06. The van der Waals surface area contributed by atoms with Crippen LogP contribution in [-0.2, 0) is 14.3 Å². The van der Waals surface area contributed by atoms with E-state index in [9.17, 15) is 9.59 Å². The molecule has 0 radical (unpaired) electrons. The third-order valence-electron chi connectivity index (χ3n) is 1.25. The Bertz CT molecular complexity index is 157. The van der Waals surface area contributed by atoms with Crippen molar-refractivity contribution in [1.29, 1.82) is 0 Å². The largest absolute Gasteiger partial charge is 0.480 e. The standard InChI is InChI=1S/C6H11NO4/c1-7-4(6(9)10)3-5(8)11-2/h4,7H,3H2,1-2H3,(H,9,10)/t4-/m0/s1. The lowest BCUT2D eigenvalue weighted by Gasteiger charge is -2.08. The van der Waals surface area contributed by atoms with Crippen LogP contribution in [0.2, 0.25) is 0 Å². The van der Waals surface area contributed by atoms with E-state index in [1.807, 2.05) is 0 Å². The van der Waals surface area contributed by atoms with E-state index in [0.29, 0.717) is 0 Å². The molecule has 5 heteroatoms. The fraction of sp³-hybridized carbons (Fsp3) is 0.667. The van der Waals surface area contributed by atoms with Crippen LogP contribution in [0, 0.1) is 0 Å². The normalized spacial score (nSPS) is 12.2. The number of carbonyl (C=O) groups excluding carboxylic acids is 1. The van der Waals surface area contributed by atoms with Gasteiger partial charge in [0, 0.05) is 0 Å². The quantitative estimate of drug-likeness (QED) is 0.529. The fourth-order valence-corrected chi connectivity index (χ4v) is 0.563. The zero-order chi connectivity index (χ0) is 8.85. The fourth-order valence-electron chi connectivity index (χ4n) is 0.563. The summed E-state index contributed by atoms with van der Waals surface area (Å²) in [6, 6.07) is -0.859. The number of aliphatic carboxylic acids is 1. The molecule has 0 aromatic rings. The summed E-state index contributed by atoms with van der Waals surface area (Å²) in [6.45, 7) is 0. The molecule has 0 unspecified atom stereocenters. The first-order chi connectivity index (χ1) is 5.11. The maximum atomic E-state index is 10.6. The lowest BCUT2D eigenvalue weighted by Crippen LogP contribution is -2.36. The van der Waals surface area contributed by atoms with Gasteiger partial charge < -0.3 is 15.2 Å². The molecule has 0 amide bonds. The number of hydrogen-bond acceptors (Lipinski definition) is 4. The van der Waals surface area contributed by atoms with Gasteiger partial charge in [0.1, 0.15) is 6.04 Å². The minimum absolute atomic E-state index is 0.150. The van der Waals surface area contributed by atoms with Crippen LogP contribution < -0.4 is 5.32 Å². The summed E-state index contributed by atoms with van der Waals surface area (Å²) in [5.41, 5.74) is 0. The predicted octanol–water partition coefficient (Wildman–Crippen LogP) is -0.778. The van der Waals surface area contributed by atoms with E-state index in [2.05, 4.69) is 10.1 Å². The van der Waals surface area contributed by atoms with Crippen molar-refractivity contribution in [2.24, 2.45) is 0 Å². The molecule has 0 heterocycles. The molecule has 2 N–H and O–H groups in total. The molecule has 0 fully saturated rings. The number of carboxylic acids is 1. The average Bonchev–Trinajstić information content (AvgIpc) is 1.99. The van der Waals surface area contributed by atoms with Gasteiger partial charge in [-0.05, 0) is 7.05 Å². The first-order valence-corrected chi connectivity index (χ1v) is 3.08. The van der Waals surface area contributed by atoms with Gasteiger partial charge >= 0.3 is 11.9 Å². The van der Waals surface area contributed by atoms with E-state index in [0.717, 1.165) is 0 Å². The van der Waals surface area contributed by atoms with Crippen molar-refractivity contribution in [3.05, 3.63) is 0 Å². The van der Waals surface area contributed by atoms with Gasteiger partial charge in [0.05, 0.1) is 13.5 Å². The molecule has 0 aliphatic heterocycles. The summed E-state index contributed by atoms with van der Waals surface area (Å²) in [5.74, 6) is -1.59. The van der Waals surface area contributed by atoms with E-state index in [-0.39, 0.29) is 6.42 Å². The Hall–Kier alpha value is -1.10. The van der Waals surface area contributed by atoms with Gasteiger partial charge in [-0.2, -0.15) is 0 Å². The molecule has 0 aliphatic rings. The average molecular weight is 161 g/mol. The van der Waals surface area contributed by atoms with Gasteiger partial charge in [0.25, 0.3) is 0 Å². The number of methoxy groups -OCH3 is 1. The maximum Gasteiger partial charge on any atom is 0.321 e. The van der Waals surface area contributed by atoms with Crippen LogP contribution in [0.4, 0.5) is 0 Å². The number of rotatable bonds is 4. The van der Waals surface area contributed by atoms with Gasteiger partial charge in [-0.3, -0.25) is 9.59 Å². The SMILES string of the molecule is CN[C@@H](CC(=O)OC)C(=O)O. The van der Waals surface area contributed by atoms with E-state index in [4.69, 9.17) is 5.11 Å². The van der Waals surface area contributed by atoms with Crippen LogP contribution in [0.15, 0.2) is 0 Å². The number of carboxylic acid groups (broad SMARTS) is 1. The van der Waals surface area contributed by atoms with E-state index < -0.39 is 18.0 Å². The zero-order valence-corrected chi connectivity index (χ0v) is 6.46. The van der Waals surface area contributed by atoms with Crippen LogP contribution in [0.25, 0.3) is 0 Å². The summed E-state index contributed by atoms with van der Waals surface area (Å²) < 4.78 is 4.29. The highest BCUT2D eigenvalue weighted by atomic mass is 16.5. The van der Waals surface area contributed by atoms with Crippen LogP contribution in [0.3, 0.4) is 0 Å². The number of hydrogen-bond donors (Lipinski definition) is 2. The molecular weight excluding hydrogens is 150 g/mol. The van der Waals surface area contributed by atoms with E-state index >= 15 is 0 Å². The van der Waals surface area contributed by atoms with Gasteiger partial charge in [-0.25, -0.2) is 0 Å². The Balaban J connectivity index is 3.88. The second kappa shape index (κ2) is 4.68. The second-order valence-electron chi connectivity index (χ2n) is 1.96. The topological polar surface area (TPSA) is 75.6 Å². The van der Waals surface area contributed by atoms with E-state index in [1.54, 1.807) is 0 Å². The van der Waals surface area contributed by atoms with Gasteiger partial charge in [-0.1, -0.05) is 0 Å². The summed E-state index contributed by atoms with van der Waals surface area (Å²) in [7, 11) is 2.69. The lowest BCUT2D eigenvalue weighted by atomic mass is 10.2. The van der Waals surface area contributed by atoms with Gasteiger partial charge in [0.15, 0.2) is 0 Å². The van der Waals surface area contributed by atoms with Gasteiger partial charge in [-0.15, -0.1) is 0 Å². The highest BCUT2D eigenvalue weighted by Crippen LogP contribution is 1.92. The van der Waals surface area contributed by atoms with Crippen molar-refractivity contribution >= 4 is 11.9 Å². The van der Waals surface area contributed by atoms with Crippen molar-refractivity contribution in [1.82, 2.24) is 5.32 Å². The minimum Gasteiger partial charge on any atom is -0.480 e. The van der Waals surface area contributed by atoms with Crippen molar-refractivity contribution in [3.63, 3.8) is 0 Å². The second-order valence-corrected chi connectivity index (χ2v) is 1.96. The number of ether oxygens (including phenoxy) is 1. The van der Waals surface area contributed by atoms with Crippen LogP contribution in [0.5, 0.6) is 0 Å². The van der Waals surface area contributed by atoms with Crippen molar-refractivity contribution in [2.45, 2.75) is 12.5 Å². The number of carbonyl (C=O) groups is 2. The Morgan fingerprint density at radius 3 is 2.45 bits per heavy atom. The molecule has 0 rings (SSSR count). The highest BCUT2D eigenvalue weighted by Gasteiger charge is 2.18. The van der Waals surface area contributed by atoms with Crippen LogP contribution >= 0.6 is 0 Å². The smallest absolute Gasteiger partial charge is 0.321 e. The Kier molecular flexibility index (Phi) is 4.21. The molecule has 0 saturated heterocycles. The van der Waals surface area contributed by atoms with Crippen LogP contribution in [-0.4, -0.2) is 37.2 Å². The molecule has 5 nitrogen and oxygen atoms in total. The first kappa shape index (κ1) is 9.90. The zero-order valence-electron chi connectivity index (χ0n) is 6.46. The molecular formula is C6H11NO4. The number of esters is 1. The number of likely N-dealkylation sites (N-methyl/N-ethyl adjacent to an activating group) is 1. The molecule has 64 valence electrons.